The third-order valence-corrected chi connectivity index (χ3v) is 6.77. The number of methoxy groups -OCH3 is 1. The molecule has 0 amide bonds. The molecular formula is C19H18F2N2O3S2. The normalized spacial score (nSPS) is 11.6. The molecule has 1 heterocycles. The Kier molecular flexibility index (Phi) is 6.07. The Morgan fingerprint density at radius 1 is 1.18 bits per heavy atom. The van der Waals surface area contributed by atoms with Crippen LogP contribution in [0.2, 0.25) is 0 Å². The number of benzene rings is 2. The van der Waals surface area contributed by atoms with Crippen molar-refractivity contribution >= 4 is 21.4 Å². The molecule has 0 saturated carbocycles. The smallest absolute Gasteiger partial charge is 0.240 e. The second-order valence-corrected chi connectivity index (χ2v) is 8.83. The van der Waals surface area contributed by atoms with Gasteiger partial charge in [-0.1, -0.05) is 12.1 Å². The maximum Gasteiger partial charge on any atom is 0.240 e. The number of nitrogens with zero attached hydrogens (tertiary/aromatic N) is 1. The molecule has 5 nitrogen and oxygen atoms in total. The van der Waals surface area contributed by atoms with Crippen LogP contribution in [0, 0.1) is 18.6 Å². The number of sulfonamides is 1. The maximum absolute atomic E-state index is 13.8. The average molecular weight is 424 g/mol. The summed E-state index contributed by atoms with van der Waals surface area (Å²) in [4.78, 5) is 5.15. The minimum absolute atomic E-state index is 0.0240. The van der Waals surface area contributed by atoms with E-state index < -0.39 is 15.8 Å². The summed E-state index contributed by atoms with van der Waals surface area (Å²) in [5, 5.41) is 0.673. The highest BCUT2D eigenvalue weighted by atomic mass is 32.2. The molecule has 1 aromatic heterocycles. The zero-order chi connectivity index (χ0) is 20.3. The van der Waals surface area contributed by atoms with Crippen molar-refractivity contribution < 1.29 is 21.9 Å². The van der Waals surface area contributed by atoms with Crippen LogP contribution >= 0.6 is 11.3 Å². The van der Waals surface area contributed by atoms with Gasteiger partial charge in [-0.25, -0.2) is 26.9 Å². The van der Waals surface area contributed by atoms with Crippen molar-refractivity contribution in [3.8, 4) is 16.3 Å². The summed E-state index contributed by atoms with van der Waals surface area (Å²) < 4.78 is 59.1. The molecule has 2 aromatic carbocycles. The third-order valence-electron chi connectivity index (χ3n) is 4.04. The highest BCUT2D eigenvalue weighted by molar-refractivity contribution is 7.89. The van der Waals surface area contributed by atoms with Crippen LogP contribution in [0.4, 0.5) is 8.78 Å². The van der Waals surface area contributed by atoms with E-state index in [4.69, 9.17) is 4.74 Å². The van der Waals surface area contributed by atoms with Crippen molar-refractivity contribution in [3.05, 3.63) is 64.7 Å². The molecule has 0 saturated heterocycles. The summed E-state index contributed by atoms with van der Waals surface area (Å²) in [6.07, 6.45) is 0.413. The number of aromatic nitrogens is 1. The fourth-order valence-electron chi connectivity index (χ4n) is 2.60. The Morgan fingerprint density at radius 3 is 2.64 bits per heavy atom. The zero-order valence-electron chi connectivity index (χ0n) is 15.2. The highest BCUT2D eigenvalue weighted by Gasteiger charge is 2.17. The average Bonchev–Trinajstić information content (AvgIpc) is 3.02. The first-order valence-corrected chi connectivity index (χ1v) is 10.7. The van der Waals surface area contributed by atoms with Crippen LogP contribution in [0.25, 0.3) is 10.6 Å². The predicted molar refractivity (Wildman–Crippen MR) is 104 cm³/mol. The third kappa shape index (κ3) is 4.54. The van der Waals surface area contributed by atoms with Crippen molar-refractivity contribution in [1.82, 2.24) is 9.71 Å². The van der Waals surface area contributed by atoms with Crippen LogP contribution in [0.3, 0.4) is 0 Å². The SMILES string of the molecule is COc1ccc(S(=O)(=O)NCCc2sc(-c3cccc(F)c3)nc2C)cc1F. The molecular weight excluding hydrogens is 406 g/mol. The molecule has 0 aliphatic rings. The van der Waals surface area contributed by atoms with Gasteiger partial charge in [0, 0.05) is 17.0 Å². The second kappa shape index (κ2) is 8.34. The van der Waals surface area contributed by atoms with Gasteiger partial charge in [0.1, 0.15) is 10.8 Å². The Labute approximate surface area is 166 Å². The van der Waals surface area contributed by atoms with E-state index in [0.717, 1.165) is 16.6 Å². The first kappa shape index (κ1) is 20.4. The van der Waals surface area contributed by atoms with Crippen LogP contribution in [-0.4, -0.2) is 27.1 Å². The maximum atomic E-state index is 13.8. The van der Waals surface area contributed by atoms with Crippen LogP contribution < -0.4 is 9.46 Å². The Balaban J connectivity index is 1.68. The zero-order valence-corrected chi connectivity index (χ0v) is 16.8. The van der Waals surface area contributed by atoms with Gasteiger partial charge in [0.05, 0.1) is 17.7 Å². The second-order valence-electron chi connectivity index (χ2n) is 5.98. The van der Waals surface area contributed by atoms with Gasteiger partial charge in [0.25, 0.3) is 0 Å². The molecule has 3 rings (SSSR count). The Morgan fingerprint density at radius 2 is 1.96 bits per heavy atom. The van der Waals surface area contributed by atoms with E-state index in [2.05, 4.69) is 9.71 Å². The lowest BCUT2D eigenvalue weighted by atomic mass is 10.2. The van der Waals surface area contributed by atoms with Gasteiger partial charge in [0.15, 0.2) is 11.6 Å². The quantitative estimate of drug-likeness (QED) is 0.624. The largest absolute Gasteiger partial charge is 0.494 e. The first-order chi connectivity index (χ1) is 13.3. The number of ether oxygens (including phenoxy) is 1. The summed E-state index contributed by atoms with van der Waals surface area (Å²) in [7, 11) is -2.55. The Hall–Kier alpha value is -2.36. The van der Waals surface area contributed by atoms with Crippen molar-refractivity contribution in [3.63, 3.8) is 0 Å². The van der Waals surface area contributed by atoms with Gasteiger partial charge < -0.3 is 4.74 Å². The van der Waals surface area contributed by atoms with Gasteiger partial charge in [-0.3, -0.25) is 0 Å². The highest BCUT2D eigenvalue weighted by Crippen LogP contribution is 2.28. The summed E-state index contributed by atoms with van der Waals surface area (Å²) >= 11 is 1.39. The lowest BCUT2D eigenvalue weighted by Crippen LogP contribution is -2.26. The molecule has 148 valence electrons. The fraction of sp³-hybridized carbons (Fsp3) is 0.211. The first-order valence-electron chi connectivity index (χ1n) is 8.35. The van der Waals surface area contributed by atoms with Gasteiger partial charge >= 0.3 is 0 Å². The van der Waals surface area contributed by atoms with E-state index in [-0.39, 0.29) is 23.0 Å². The van der Waals surface area contributed by atoms with E-state index in [0.29, 0.717) is 17.0 Å². The van der Waals surface area contributed by atoms with Crippen LogP contribution in [0.15, 0.2) is 47.4 Å². The number of aryl methyl sites for hydroxylation is 1. The lowest BCUT2D eigenvalue weighted by molar-refractivity contribution is 0.385. The number of nitrogens with one attached hydrogen (secondary N) is 1. The van der Waals surface area contributed by atoms with Gasteiger partial charge in [0.2, 0.25) is 10.0 Å². The van der Waals surface area contributed by atoms with Crippen molar-refractivity contribution in [2.45, 2.75) is 18.2 Å². The molecule has 9 heteroatoms. The van der Waals surface area contributed by atoms with Crippen molar-refractivity contribution in [1.29, 1.82) is 0 Å². The van der Waals surface area contributed by atoms with Crippen LogP contribution in [-0.2, 0) is 16.4 Å². The fourth-order valence-corrected chi connectivity index (χ4v) is 4.70. The van der Waals surface area contributed by atoms with Crippen molar-refractivity contribution in [2.24, 2.45) is 0 Å². The summed E-state index contributed by atoms with van der Waals surface area (Å²) in [6, 6.07) is 9.62. The van der Waals surface area contributed by atoms with Gasteiger partial charge in [-0.2, -0.15) is 0 Å². The molecule has 0 unspecified atom stereocenters. The molecule has 28 heavy (non-hydrogen) atoms. The minimum Gasteiger partial charge on any atom is -0.494 e. The van der Waals surface area contributed by atoms with Crippen LogP contribution in [0.1, 0.15) is 10.6 Å². The summed E-state index contributed by atoms with van der Waals surface area (Å²) in [5.74, 6) is -1.11. The molecule has 0 spiro atoms. The molecule has 1 N–H and O–H groups in total. The van der Waals surface area contributed by atoms with Gasteiger partial charge in [-0.05, 0) is 43.7 Å². The number of rotatable bonds is 7. The van der Waals surface area contributed by atoms with E-state index in [1.165, 1.54) is 42.7 Å². The molecule has 0 bridgehead atoms. The van der Waals surface area contributed by atoms with E-state index in [1.54, 1.807) is 12.1 Å². The van der Waals surface area contributed by atoms with Crippen molar-refractivity contribution in [2.75, 3.05) is 13.7 Å². The van der Waals surface area contributed by atoms with E-state index >= 15 is 0 Å². The predicted octanol–water partition coefficient (Wildman–Crippen LogP) is 3.93. The molecule has 0 atom stereocenters. The number of hydrogen-bond donors (Lipinski definition) is 1. The van der Waals surface area contributed by atoms with E-state index in [1.807, 2.05) is 6.92 Å². The lowest BCUT2D eigenvalue weighted by Gasteiger charge is -2.08. The Bertz CT molecular complexity index is 1100. The molecule has 0 radical (unpaired) electrons. The minimum atomic E-state index is -3.85. The molecule has 0 aliphatic carbocycles. The number of thiazole rings is 1. The number of halogens is 2. The topological polar surface area (TPSA) is 68.3 Å². The number of hydrogen-bond acceptors (Lipinski definition) is 5. The molecule has 3 aromatic rings. The molecule has 0 fully saturated rings. The van der Waals surface area contributed by atoms with Gasteiger partial charge in [-0.15, -0.1) is 11.3 Å². The summed E-state index contributed by atoms with van der Waals surface area (Å²) in [6.45, 7) is 1.95. The summed E-state index contributed by atoms with van der Waals surface area (Å²) in [5.41, 5.74) is 1.44. The van der Waals surface area contributed by atoms with E-state index in [9.17, 15) is 17.2 Å². The monoisotopic (exact) mass is 424 g/mol. The van der Waals surface area contributed by atoms with Crippen LogP contribution in [0.5, 0.6) is 5.75 Å². The molecule has 0 aliphatic heterocycles. The standard InChI is InChI=1S/C19H18F2N2O3S2/c1-12-18(27-19(23-12)13-4-3-5-14(20)10-13)8-9-22-28(24,25)15-6-7-17(26-2)16(21)11-15/h3-7,10-11,22H,8-9H2,1-2H3.